The van der Waals surface area contributed by atoms with E-state index in [9.17, 15) is 4.39 Å². The van der Waals surface area contributed by atoms with Crippen LogP contribution in [-0.2, 0) is 0 Å². The third-order valence-corrected chi connectivity index (χ3v) is 4.06. The van der Waals surface area contributed by atoms with Gasteiger partial charge in [0.15, 0.2) is 0 Å². The van der Waals surface area contributed by atoms with E-state index in [0.29, 0.717) is 16.5 Å². The summed E-state index contributed by atoms with van der Waals surface area (Å²) in [4.78, 5) is 0. The first-order valence-electron chi connectivity index (χ1n) is 5.81. The second kappa shape index (κ2) is 6.03. The van der Waals surface area contributed by atoms with Crippen LogP contribution >= 0.6 is 24.0 Å². The molecule has 1 atom stereocenters. The van der Waals surface area contributed by atoms with Crippen LogP contribution in [0.1, 0.15) is 42.9 Å². The molecule has 1 aromatic carbocycles. The molecule has 0 amide bonds. The van der Waals surface area contributed by atoms with Crippen molar-refractivity contribution in [1.82, 2.24) is 0 Å². The Bertz CT molecular complexity index is 389. The molecule has 1 fully saturated rings. The van der Waals surface area contributed by atoms with Crippen molar-refractivity contribution in [3.05, 3.63) is 34.1 Å². The van der Waals surface area contributed by atoms with Gasteiger partial charge in [-0.25, -0.2) is 4.39 Å². The van der Waals surface area contributed by atoms with Crippen molar-refractivity contribution in [2.45, 2.75) is 38.6 Å². The van der Waals surface area contributed by atoms with Gasteiger partial charge in [0.1, 0.15) is 5.82 Å². The van der Waals surface area contributed by atoms with Crippen molar-refractivity contribution in [3.63, 3.8) is 0 Å². The Morgan fingerprint density at radius 2 is 1.94 bits per heavy atom. The second-order valence-electron chi connectivity index (χ2n) is 4.66. The van der Waals surface area contributed by atoms with Crippen molar-refractivity contribution < 1.29 is 4.39 Å². The molecular weight excluding hydrogens is 260 g/mol. The van der Waals surface area contributed by atoms with Gasteiger partial charge in [0, 0.05) is 11.6 Å². The van der Waals surface area contributed by atoms with Gasteiger partial charge in [0.25, 0.3) is 0 Å². The normalized spacial score (nSPS) is 17.9. The molecule has 0 heterocycles. The summed E-state index contributed by atoms with van der Waals surface area (Å²) < 4.78 is 13.8. The van der Waals surface area contributed by atoms with Crippen molar-refractivity contribution in [1.29, 1.82) is 0 Å². The first kappa shape index (κ1) is 14.7. The van der Waals surface area contributed by atoms with Gasteiger partial charge in [0.05, 0.1) is 5.02 Å². The molecule has 96 valence electrons. The Labute approximate surface area is 113 Å². The minimum atomic E-state index is -0.269. The Balaban J connectivity index is 0.00000144. The Morgan fingerprint density at radius 1 is 1.35 bits per heavy atom. The molecule has 17 heavy (non-hydrogen) atoms. The molecule has 0 spiro atoms. The van der Waals surface area contributed by atoms with Crippen LogP contribution in [0.3, 0.4) is 0 Å². The van der Waals surface area contributed by atoms with Crippen LogP contribution in [0.25, 0.3) is 0 Å². The molecule has 0 unspecified atom stereocenters. The van der Waals surface area contributed by atoms with E-state index in [1.54, 1.807) is 6.07 Å². The Morgan fingerprint density at radius 3 is 2.53 bits per heavy atom. The van der Waals surface area contributed by atoms with Crippen LogP contribution < -0.4 is 5.73 Å². The lowest BCUT2D eigenvalue weighted by atomic mass is 9.91. The molecule has 0 radical (unpaired) electrons. The summed E-state index contributed by atoms with van der Waals surface area (Å²) in [5.41, 5.74) is 7.55. The minimum Gasteiger partial charge on any atom is -0.324 e. The van der Waals surface area contributed by atoms with E-state index < -0.39 is 0 Å². The van der Waals surface area contributed by atoms with Crippen LogP contribution in [-0.4, -0.2) is 0 Å². The van der Waals surface area contributed by atoms with Crippen LogP contribution in [0.2, 0.25) is 5.02 Å². The fourth-order valence-corrected chi connectivity index (χ4v) is 2.82. The smallest absolute Gasteiger partial charge is 0.129 e. The maximum Gasteiger partial charge on any atom is 0.129 e. The molecule has 4 heteroatoms. The molecule has 1 saturated carbocycles. The number of nitrogens with two attached hydrogens (primary N) is 1. The SMILES string of the molecule is Cc1ccc(F)c([C@@H](N)C2CCCC2)c1Cl.Cl. The fraction of sp³-hybridized carbons (Fsp3) is 0.538. The Hall–Kier alpha value is -0.310. The first-order valence-corrected chi connectivity index (χ1v) is 6.19. The number of halogens is 3. The van der Waals surface area contributed by atoms with E-state index >= 15 is 0 Å². The van der Waals surface area contributed by atoms with E-state index in [-0.39, 0.29) is 24.3 Å². The van der Waals surface area contributed by atoms with E-state index in [4.69, 9.17) is 17.3 Å². The summed E-state index contributed by atoms with van der Waals surface area (Å²) in [6.07, 6.45) is 4.57. The molecule has 1 aromatic rings. The number of aryl methyl sites for hydroxylation is 1. The number of rotatable bonds is 2. The monoisotopic (exact) mass is 277 g/mol. The Kier molecular flexibility index (Phi) is 5.23. The average molecular weight is 278 g/mol. The van der Waals surface area contributed by atoms with E-state index in [1.165, 1.54) is 18.9 Å². The van der Waals surface area contributed by atoms with Gasteiger partial charge in [-0.15, -0.1) is 12.4 Å². The van der Waals surface area contributed by atoms with Gasteiger partial charge in [-0.05, 0) is 37.3 Å². The second-order valence-corrected chi connectivity index (χ2v) is 5.04. The lowest BCUT2D eigenvalue weighted by Crippen LogP contribution is -2.21. The number of hydrogen-bond acceptors (Lipinski definition) is 1. The third kappa shape index (κ3) is 2.93. The van der Waals surface area contributed by atoms with Crippen molar-refractivity contribution in [3.8, 4) is 0 Å². The summed E-state index contributed by atoms with van der Waals surface area (Å²) >= 11 is 6.15. The highest BCUT2D eigenvalue weighted by atomic mass is 35.5. The van der Waals surface area contributed by atoms with Gasteiger partial charge in [-0.1, -0.05) is 30.5 Å². The van der Waals surface area contributed by atoms with Crippen LogP contribution in [0, 0.1) is 18.7 Å². The van der Waals surface area contributed by atoms with Gasteiger partial charge in [0.2, 0.25) is 0 Å². The molecule has 2 N–H and O–H groups in total. The highest BCUT2D eigenvalue weighted by Gasteiger charge is 2.27. The molecule has 0 aromatic heterocycles. The van der Waals surface area contributed by atoms with Crippen LogP contribution in [0.15, 0.2) is 12.1 Å². The minimum absolute atomic E-state index is 0. The molecule has 1 aliphatic rings. The third-order valence-electron chi connectivity index (χ3n) is 3.56. The standard InChI is InChI=1S/C13H17ClFN.ClH/c1-8-6-7-10(15)11(12(8)14)13(16)9-4-2-3-5-9;/h6-7,9,13H,2-5,16H2,1H3;1H/t13-;/m0./s1. The molecule has 0 bridgehead atoms. The van der Waals surface area contributed by atoms with E-state index in [1.807, 2.05) is 6.92 Å². The van der Waals surface area contributed by atoms with Gasteiger partial charge in [-0.2, -0.15) is 0 Å². The van der Waals surface area contributed by atoms with Crippen molar-refractivity contribution in [2.75, 3.05) is 0 Å². The maximum atomic E-state index is 13.8. The number of benzene rings is 1. The van der Waals surface area contributed by atoms with Gasteiger partial charge in [-0.3, -0.25) is 0 Å². The predicted molar refractivity (Wildman–Crippen MR) is 72.3 cm³/mol. The summed E-state index contributed by atoms with van der Waals surface area (Å²) in [7, 11) is 0. The summed E-state index contributed by atoms with van der Waals surface area (Å²) in [5, 5.41) is 0.499. The summed E-state index contributed by atoms with van der Waals surface area (Å²) in [5.74, 6) is 0.115. The fourth-order valence-electron chi connectivity index (χ4n) is 2.54. The van der Waals surface area contributed by atoms with Gasteiger partial charge >= 0.3 is 0 Å². The van der Waals surface area contributed by atoms with Crippen LogP contribution in [0.5, 0.6) is 0 Å². The predicted octanol–water partition coefficient (Wildman–Crippen LogP) is 4.40. The lowest BCUT2D eigenvalue weighted by Gasteiger charge is -2.21. The molecule has 1 nitrogen and oxygen atoms in total. The van der Waals surface area contributed by atoms with Gasteiger partial charge < -0.3 is 5.73 Å². The molecule has 2 rings (SSSR count). The highest BCUT2D eigenvalue weighted by molar-refractivity contribution is 6.32. The highest BCUT2D eigenvalue weighted by Crippen LogP contribution is 2.38. The molecule has 0 aliphatic heterocycles. The quantitative estimate of drug-likeness (QED) is 0.852. The average Bonchev–Trinajstić information content (AvgIpc) is 2.77. The zero-order valence-electron chi connectivity index (χ0n) is 9.88. The largest absolute Gasteiger partial charge is 0.324 e. The number of hydrogen-bond donors (Lipinski definition) is 1. The van der Waals surface area contributed by atoms with Crippen LogP contribution in [0.4, 0.5) is 4.39 Å². The van der Waals surface area contributed by atoms with Crippen molar-refractivity contribution in [2.24, 2.45) is 11.7 Å². The topological polar surface area (TPSA) is 26.0 Å². The van der Waals surface area contributed by atoms with Crippen molar-refractivity contribution >= 4 is 24.0 Å². The van der Waals surface area contributed by atoms with E-state index in [2.05, 4.69) is 0 Å². The molecule has 0 saturated heterocycles. The lowest BCUT2D eigenvalue weighted by molar-refractivity contribution is 0.429. The van der Waals surface area contributed by atoms with E-state index in [0.717, 1.165) is 18.4 Å². The summed E-state index contributed by atoms with van der Waals surface area (Å²) in [6, 6.07) is 2.91. The summed E-state index contributed by atoms with van der Waals surface area (Å²) in [6.45, 7) is 1.88. The maximum absolute atomic E-state index is 13.8. The molecular formula is C13H18Cl2FN. The zero-order valence-corrected chi connectivity index (χ0v) is 11.5. The zero-order chi connectivity index (χ0) is 11.7. The first-order chi connectivity index (χ1) is 7.61. The molecule has 1 aliphatic carbocycles.